The molecule has 1 atom stereocenters. The number of rotatable bonds is 14. The molecule has 1 fully saturated rings. The molecule has 14 heteroatoms. The molecule has 1 aliphatic rings. The van der Waals surface area contributed by atoms with Gasteiger partial charge >= 0.3 is 6.09 Å². The van der Waals surface area contributed by atoms with Crippen molar-refractivity contribution in [3.05, 3.63) is 53.6 Å². The molecule has 2 aromatic rings. The van der Waals surface area contributed by atoms with Crippen molar-refractivity contribution in [2.45, 2.75) is 77.3 Å². The molecule has 1 unspecified atom stereocenters. The number of nitrogens with zero attached hydrogens (tertiary/aromatic N) is 2. The maximum absolute atomic E-state index is 13.5. The van der Waals surface area contributed by atoms with Gasteiger partial charge in [-0.15, -0.1) is 0 Å². The molecule has 262 valence electrons. The van der Waals surface area contributed by atoms with Gasteiger partial charge in [0.25, 0.3) is 5.91 Å². The van der Waals surface area contributed by atoms with Crippen molar-refractivity contribution in [3.8, 4) is 0 Å². The summed E-state index contributed by atoms with van der Waals surface area (Å²) in [6.45, 7) is 12.1. The average molecular weight is 694 g/mol. The molecule has 3 N–H and O–H groups in total. The van der Waals surface area contributed by atoms with Crippen LogP contribution in [0.3, 0.4) is 0 Å². The maximum Gasteiger partial charge on any atom is 0.407 e. The minimum atomic E-state index is -3.67. The lowest BCUT2D eigenvalue weighted by molar-refractivity contribution is 0.0527. The number of ether oxygens (including phenoxy) is 1. The van der Waals surface area contributed by atoms with Crippen LogP contribution in [0.2, 0.25) is 0 Å². The molecule has 3 rings (SSSR count). The predicted molar refractivity (Wildman–Crippen MR) is 186 cm³/mol. The normalized spacial score (nSPS) is 15.6. The van der Waals surface area contributed by atoms with Crippen LogP contribution in [0.1, 0.15) is 76.2 Å². The number of alkyl carbamates (subject to hydrolysis) is 1. The highest BCUT2D eigenvalue weighted by Crippen LogP contribution is 2.30. The lowest BCUT2D eigenvalue weighted by Gasteiger charge is -2.34. The molecule has 0 radical (unpaired) electrons. The maximum atomic E-state index is 13.5. The Kier molecular flexibility index (Phi) is 13.2. The Labute approximate surface area is 280 Å². The molecule has 0 bridgehead atoms. The van der Waals surface area contributed by atoms with Crippen molar-refractivity contribution < 1.29 is 31.2 Å². The number of benzene rings is 2. The molecular weight excluding hydrogens is 643 g/mol. The minimum absolute atomic E-state index is 0.143. The number of piperidine rings is 1. The number of anilines is 2. The Bertz CT molecular complexity index is 1580. The number of carbonyl (C=O) groups is 2. The van der Waals surface area contributed by atoms with Gasteiger partial charge in [-0.25, -0.2) is 21.6 Å². The first-order valence-corrected chi connectivity index (χ1v) is 19.4. The summed E-state index contributed by atoms with van der Waals surface area (Å²) in [7, 11) is -5.96. The van der Waals surface area contributed by atoms with E-state index in [4.69, 9.17) is 4.74 Å². The highest BCUT2D eigenvalue weighted by atomic mass is 32.2. The van der Waals surface area contributed by atoms with Crippen LogP contribution in [0.15, 0.2) is 47.4 Å². The first kappa shape index (κ1) is 38.2. The van der Waals surface area contributed by atoms with Crippen LogP contribution >= 0.6 is 0 Å². The first-order chi connectivity index (χ1) is 21.9. The van der Waals surface area contributed by atoms with Gasteiger partial charge in [-0.3, -0.25) is 9.10 Å². The number of amides is 2. The molecule has 1 heterocycles. The number of hydrogen-bond donors (Lipinski definition) is 3. The van der Waals surface area contributed by atoms with Gasteiger partial charge in [0.1, 0.15) is 5.60 Å². The fourth-order valence-electron chi connectivity index (χ4n) is 5.36. The van der Waals surface area contributed by atoms with E-state index >= 15 is 0 Å². The lowest BCUT2D eigenvalue weighted by atomic mass is 9.85. The molecule has 0 saturated carbocycles. The monoisotopic (exact) mass is 693 g/mol. The molecular formula is C33H51N5O7S2. The molecule has 12 nitrogen and oxygen atoms in total. The zero-order valence-corrected chi connectivity index (χ0v) is 30.3. The van der Waals surface area contributed by atoms with Crippen LogP contribution in [0.5, 0.6) is 0 Å². The summed E-state index contributed by atoms with van der Waals surface area (Å²) in [6.07, 6.45) is 3.98. The summed E-state index contributed by atoms with van der Waals surface area (Å²) >= 11 is 0. The first-order valence-electron chi connectivity index (χ1n) is 16.1. The van der Waals surface area contributed by atoms with E-state index in [2.05, 4.69) is 29.8 Å². The van der Waals surface area contributed by atoms with E-state index in [0.29, 0.717) is 56.7 Å². The minimum Gasteiger partial charge on any atom is -0.444 e. The van der Waals surface area contributed by atoms with E-state index in [1.807, 2.05) is 0 Å². The van der Waals surface area contributed by atoms with Crippen LogP contribution in [0.25, 0.3) is 0 Å². The fraction of sp³-hybridized carbons (Fsp3) is 0.576. The quantitative estimate of drug-likeness (QED) is 0.239. The number of sulfonamides is 2. The second-order valence-corrected chi connectivity index (χ2v) is 17.1. The Morgan fingerprint density at radius 3 is 2.23 bits per heavy atom. The van der Waals surface area contributed by atoms with E-state index in [1.54, 1.807) is 39.0 Å². The van der Waals surface area contributed by atoms with Gasteiger partial charge in [0.2, 0.25) is 20.0 Å². The van der Waals surface area contributed by atoms with Crippen LogP contribution in [-0.2, 0) is 31.3 Å². The number of hydrogen-bond acceptors (Lipinski definition) is 8. The standard InChI is InChI=1S/C33H51N5O7S2/c1-8-24(2)26-16-20-38(21-17-26)47(43,44)28-13-11-27(12-14-28)36-31(39)29-22-25(10-15-30(29)37(6)46(7,41)42)23-34-18-9-19-35-32(40)45-33(3,4)5/h10-15,22,24,26,34H,8-9,16-21,23H2,1-7H3,(H,35,40)(H,36,39). The largest absolute Gasteiger partial charge is 0.444 e. The summed E-state index contributed by atoms with van der Waals surface area (Å²) in [5, 5.41) is 8.75. The summed E-state index contributed by atoms with van der Waals surface area (Å²) in [5.41, 5.74) is 0.899. The molecule has 2 aromatic carbocycles. The summed E-state index contributed by atoms with van der Waals surface area (Å²) in [5.74, 6) is 0.553. The van der Waals surface area contributed by atoms with Crippen molar-refractivity contribution in [2.75, 3.05) is 49.1 Å². The zero-order valence-electron chi connectivity index (χ0n) is 28.6. The van der Waals surface area contributed by atoms with Crippen molar-refractivity contribution in [3.63, 3.8) is 0 Å². The lowest BCUT2D eigenvalue weighted by Crippen LogP contribution is -2.39. The summed E-state index contributed by atoms with van der Waals surface area (Å²) in [6, 6.07) is 11.0. The van der Waals surface area contributed by atoms with Crippen molar-refractivity contribution >= 4 is 43.4 Å². The second kappa shape index (κ2) is 16.3. The molecule has 1 saturated heterocycles. The molecule has 0 aliphatic carbocycles. The molecule has 2 amide bonds. The van der Waals surface area contributed by atoms with Gasteiger partial charge in [0.05, 0.1) is 22.4 Å². The van der Waals surface area contributed by atoms with Crippen LogP contribution in [0.4, 0.5) is 16.2 Å². The van der Waals surface area contributed by atoms with Gasteiger partial charge < -0.3 is 20.7 Å². The van der Waals surface area contributed by atoms with Gasteiger partial charge in [-0.05, 0) is 100 Å². The van der Waals surface area contributed by atoms with Crippen LogP contribution in [-0.4, -0.2) is 78.2 Å². The van der Waals surface area contributed by atoms with Gasteiger partial charge in [0, 0.05) is 38.9 Å². The number of carbonyl (C=O) groups excluding carboxylic acids is 2. The van der Waals surface area contributed by atoms with Gasteiger partial charge in [0.15, 0.2) is 0 Å². The third kappa shape index (κ3) is 11.2. The smallest absolute Gasteiger partial charge is 0.407 e. The van der Waals surface area contributed by atoms with E-state index in [0.717, 1.165) is 35.4 Å². The SMILES string of the molecule is CCC(C)C1CCN(S(=O)(=O)c2ccc(NC(=O)c3cc(CNCCCNC(=O)OC(C)(C)C)ccc3N(C)S(C)(=O)=O)cc2)CC1. The van der Waals surface area contributed by atoms with Crippen molar-refractivity contribution in [1.82, 2.24) is 14.9 Å². The zero-order chi connectivity index (χ0) is 35.0. The van der Waals surface area contributed by atoms with Gasteiger partial charge in [-0.2, -0.15) is 4.31 Å². The van der Waals surface area contributed by atoms with Crippen molar-refractivity contribution in [2.24, 2.45) is 11.8 Å². The number of nitrogens with one attached hydrogen (secondary N) is 3. The topological polar surface area (TPSA) is 154 Å². The van der Waals surface area contributed by atoms with E-state index in [9.17, 15) is 26.4 Å². The predicted octanol–water partition coefficient (Wildman–Crippen LogP) is 4.79. The Balaban J connectivity index is 1.66. The Morgan fingerprint density at radius 1 is 1.02 bits per heavy atom. The Hall–Kier alpha value is -3.20. The summed E-state index contributed by atoms with van der Waals surface area (Å²) in [4.78, 5) is 25.5. The van der Waals surface area contributed by atoms with E-state index in [-0.39, 0.29) is 16.1 Å². The highest BCUT2D eigenvalue weighted by molar-refractivity contribution is 7.92. The van der Waals surface area contributed by atoms with E-state index < -0.39 is 37.6 Å². The average Bonchev–Trinajstić information content (AvgIpc) is 3.00. The van der Waals surface area contributed by atoms with E-state index in [1.165, 1.54) is 35.6 Å². The molecule has 47 heavy (non-hydrogen) atoms. The third-order valence-electron chi connectivity index (χ3n) is 8.37. The van der Waals surface area contributed by atoms with Crippen molar-refractivity contribution in [1.29, 1.82) is 0 Å². The molecule has 1 aliphatic heterocycles. The molecule has 0 aromatic heterocycles. The van der Waals surface area contributed by atoms with Crippen LogP contribution < -0.4 is 20.3 Å². The third-order valence-corrected chi connectivity index (χ3v) is 11.5. The molecule has 0 spiro atoms. The van der Waals surface area contributed by atoms with Crippen LogP contribution in [0, 0.1) is 11.8 Å². The van der Waals surface area contributed by atoms with Gasteiger partial charge in [-0.1, -0.05) is 26.3 Å². The fourth-order valence-corrected chi connectivity index (χ4v) is 7.34. The second-order valence-electron chi connectivity index (χ2n) is 13.1. The highest BCUT2D eigenvalue weighted by Gasteiger charge is 2.31. The summed E-state index contributed by atoms with van der Waals surface area (Å²) < 4.78 is 59.1. The Morgan fingerprint density at radius 2 is 1.66 bits per heavy atom.